The van der Waals surface area contributed by atoms with Crippen LogP contribution in [-0.4, -0.2) is 5.11 Å². The van der Waals surface area contributed by atoms with Gasteiger partial charge in [0.15, 0.2) is 0 Å². The van der Waals surface area contributed by atoms with E-state index in [1.54, 1.807) is 0 Å². The van der Waals surface area contributed by atoms with E-state index in [1.807, 2.05) is 66.7 Å². The molecule has 2 nitrogen and oxygen atoms in total. The van der Waals surface area contributed by atoms with Gasteiger partial charge in [-0.1, -0.05) is 97.1 Å². The van der Waals surface area contributed by atoms with E-state index in [-0.39, 0.29) is 0 Å². The van der Waals surface area contributed by atoms with E-state index in [2.05, 4.69) is 78.6 Å². The van der Waals surface area contributed by atoms with Crippen LogP contribution in [0.3, 0.4) is 0 Å². The van der Waals surface area contributed by atoms with Gasteiger partial charge in [0.1, 0.15) is 6.10 Å². The molecule has 0 radical (unpaired) electrons. The zero-order valence-electron chi connectivity index (χ0n) is 19.2. The highest BCUT2D eigenvalue weighted by Gasteiger charge is 2.18. The van der Waals surface area contributed by atoms with Crippen LogP contribution >= 0.6 is 0 Å². The number of anilines is 3. The van der Waals surface area contributed by atoms with Gasteiger partial charge in [0, 0.05) is 17.1 Å². The second-order valence-electron chi connectivity index (χ2n) is 8.46. The van der Waals surface area contributed by atoms with Crippen LogP contribution in [0, 0.1) is 6.92 Å². The topological polar surface area (TPSA) is 23.5 Å². The molecule has 0 amide bonds. The predicted molar refractivity (Wildman–Crippen MR) is 142 cm³/mol. The minimum absolute atomic E-state index is 0.744. The second kappa shape index (κ2) is 9.78. The highest BCUT2D eigenvalue weighted by Crippen LogP contribution is 2.38. The molecule has 1 N–H and O–H groups in total. The molecule has 0 aromatic heterocycles. The third-order valence-corrected chi connectivity index (χ3v) is 6.06. The Morgan fingerprint density at radius 3 is 1.88 bits per heavy atom. The minimum Gasteiger partial charge on any atom is -0.384 e. The molecule has 0 saturated carbocycles. The maximum atomic E-state index is 11.5. The Balaban J connectivity index is 1.58. The number of benzene rings is 5. The summed E-state index contributed by atoms with van der Waals surface area (Å²) in [6, 6.07) is 45.3. The number of aryl methyl sites for hydroxylation is 1. The summed E-state index contributed by atoms with van der Waals surface area (Å²) < 4.78 is 0. The van der Waals surface area contributed by atoms with Crippen molar-refractivity contribution in [3.05, 3.63) is 150 Å². The van der Waals surface area contributed by atoms with E-state index in [1.165, 1.54) is 5.56 Å². The summed E-state index contributed by atoms with van der Waals surface area (Å²) >= 11 is 0. The molecule has 2 heteroatoms. The molecule has 166 valence electrons. The SMILES string of the molecule is Cc1cccc(N(c2ccccc2)c2cccc(C(O)c3ccccc3-c3ccccc3)c2)c1. The molecule has 0 heterocycles. The number of hydrogen-bond donors (Lipinski definition) is 1. The number of hydrogen-bond acceptors (Lipinski definition) is 2. The highest BCUT2D eigenvalue weighted by atomic mass is 16.3. The molecule has 0 spiro atoms. The third-order valence-electron chi connectivity index (χ3n) is 6.06. The first kappa shape index (κ1) is 21.7. The summed E-state index contributed by atoms with van der Waals surface area (Å²) in [5.41, 5.74) is 8.25. The number of para-hydroxylation sites is 1. The normalized spacial score (nSPS) is 11.7. The molecule has 34 heavy (non-hydrogen) atoms. The average molecular weight is 442 g/mol. The van der Waals surface area contributed by atoms with Gasteiger partial charge in [-0.15, -0.1) is 0 Å². The van der Waals surface area contributed by atoms with E-state index >= 15 is 0 Å². The van der Waals surface area contributed by atoms with Gasteiger partial charge in [-0.25, -0.2) is 0 Å². The van der Waals surface area contributed by atoms with Crippen LogP contribution in [0.25, 0.3) is 11.1 Å². The number of rotatable bonds is 6. The van der Waals surface area contributed by atoms with E-state index in [0.717, 1.165) is 39.3 Å². The lowest BCUT2D eigenvalue weighted by molar-refractivity contribution is 0.221. The summed E-state index contributed by atoms with van der Waals surface area (Å²) in [6.45, 7) is 2.10. The lowest BCUT2D eigenvalue weighted by atomic mass is 9.92. The molecule has 5 aromatic carbocycles. The van der Waals surface area contributed by atoms with Crippen LogP contribution in [-0.2, 0) is 0 Å². The smallest absolute Gasteiger partial charge is 0.105 e. The predicted octanol–water partition coefficient (Wildman–Crippen LogP) is 8.21. The molecule has 1 unspecified atom stereocenters. The molecule has 0 aliphatic heterocycles. The van der Waals surface area contributed by atoms with E-state index in [4.69, 9.17) is 0 Å². The van der Waals surface area contributed by atoms with Crippen LogP contribution in [0.4, 0.5) is 17.1 Å². The number of aliphatic hydroxyl groups is 1. The van der Waals surface area contributed by atoms with Gasteiger partial charge >= 0.3 is 0 Å². The van der Waals surface area contributed by atoms with Crippen molar-refractivity contribution in [3.8, 4) is 11.1 Å². The highest BCUT2D eigenvalue weighted by molar-refractivity contribution is 5.77. The zero-order chi connectivity index (χ0) is 23.3. The first-order chi connectivity index (χ1) is 16.7. The van der Waals surface area contributed by atoms with Gasteiger partial charge in [0.05, 0.1) is 0 Å². The molecule has 5 aromatic rings. The molecule has 0 fully saturated rings. The van der Waals surface area contributed by atoms with E-state index < -0.39 is 6.10 Å². The summed E-state index contributed by atoms with van der Waals surface area (Å²) in [5, 5.41) is 11.5. The van der Waals surface area contributed by atoms with Crippen molar-refractivity contribution >= 4 is 17.1 Å². The van der Waals surface area contributed by atoms with Crippen LogP contribution < -0.4 is 4.90 Å². The fraction of sp³-hybridized carbons (Fsp3) is 0.0625. The molecule has 0 aliphatic rings. The first-order valence-corrected chi connectivity index (χ1v) is 11.5. The maximum absolute atomic E-state index is 11.5. The molecule has 0 saturated heterocycles. The number of nitrogens with zero attached hydrogens (tertiary/aromatic N) is 1. The lowest BCUT2D eigenvalue weighted by Gasteiger charge is -2.27. The quantitative estimate of drug-likeness (QED) is 0.287. The lowest BCUT2D eigenvalue weighted by Crippen LogP contribution is -2.11. The molecule has 0 bridgehead atoms. The third kappa shape index (κ3) is 4.50. The Labute approximate surface area is 201 Å². The van der Waals surface area contributed by atoms with Crippen LogP contribution in [0.15, 0.2) is 133 Å². The van der Waals surface area contributed by atoms with Crippen LogP contribution in [0.5, 0.6) is 0 Å². The van der Waals surface area contributed by atoms with Crippen molar-refractivity contribution in [3.63, 3.8) is 0 Å². The zero-order valence-corrected chi connectivity index (χ0v) is 19.2. The Kier molecular flexibility index (Phi) is 6.24. The van der Waals surface area contributed by atoms with Crippen molar-refractivity contribution in [2.45, 2.75) is 13.0 Å². The molecule has 0 aliphatic carbocycles. The summed E-state index contributed by atoms with van der Waals surface area (Å²) in [7, 11) is 0. The van der Waals surface area contributed by atoms with E-state index in [0.29, 0.717) is 0 Å². The van der Waals surface area contributed by atoms with Crippen molar-refractivity contribution in [1.29, 1.82) is 0 Å². The standard InChI is InChI=1S/C32H27NO/c1-24-12-10-18-28(22-24)33(27-16-6-3-7-17-27)29-19-11-15-26(23-29)32(34)31-21-9-8-20-30(31)25-13-4-2-5-14-25/h2-23,32,34H,1H3. The van der Waals surface area contributed by atoms with E-state index in [9.17, 15) is 5.11 Å². The van der Waals surface area contributed by atoms with Crippen LogP contribution in [0.1, 0.15) is 22.8 Å². The van der Waals surface area contributed by atoms with Gasteiger partial charge in [0.2, 0.25) is 0 Å². The molecule has 1 atom stereocenters. The Morgan fingerprint density at radius 1 is 0.559 bits per heavy atom. The fourth-order valence-electron chi connectivity index (χ4n) is 4.42. The number of aliphatic hydroxyl groups excluding tert-OH is 1. The summed E-state index contributed by atoms with van der Waals surface area (Å²) in [4.78, 5) is 2.23. The van der Waals surface area contributed by atoms with Crippen molar-refractivity contribution in [1.82, 2.24) is 0 Å². The average Bonchev–Trinajstić information content (AvgIpc) is 2.90. The second-order valence-corrected chi connectivity index (χ2v) is 8.46. The van der Waals surface area contributed by atoms with Crippen LogP contribution in [0.2, 0.25) is 0 Å². The largest absolute Gasteiger partial charge is 0.384 e. The van der Waals surface area contributed by atoms with Crippen molar-refractivity contribution < 1.29 is 5.11 Å². The summed E-state index contributed by atoms with van der Waals surface area (Å²) in [5.74, 6) is 0. The van der Waals surface area contributed by atoms with Gasteiger partial charge in [-0.3, -0.25) is 0 Å². The maximum Gasteiger partial charge on any atom is 0.105 e. The minimum atomic E-state index is -0.744. The Hall–Kier alpha value is -4.14. The Morgan fingerprint density at radius 2 is 1.15 bits per heavy atom. The van der Waals surface area contributed by atoms with Gasteiger partial charge in [-0.05, 0) is 71.1 Å². The van der Waals surface area contributed by atoms with Gasteiger partial charge in [0.25, 0.3) is 0 Å². The Bertz CT molecular complexity index is 1380. The molecular formula is C32H27NO. The van der Waals surface area contributed by atoms with Crippen molar-refractivity contribution in [2.24, 2.45) is 0 Å². The van der Waals surface area contributed by atoms with Crippen molar-refractivity contribution in [2.75, 3.05) is 4.90 Å². The fourth-order valence-corrected chi connectivity index (χ4v) is 4.42. The monoisotopic (exact) mass is 441 g/mol. The summed E-state index contributed by atoms with van der Waals surface area (Å²) in [6.07, 6.45) is -0.744. The van der Waals surface area contributed by atoms with Gasteiger partial charge < -0.3 is 10.0 Å². The molecule has 5 rings (SSSR count). The molecular weight excluding hydrogens is 414 g/mol. The van der Waals surface area contributed by atoms with Gasteiger partial charge in [-0.2, -0.15) is 0 Å². The first-order valence-electron chi connectivity index (χ1n) is 11.5.